The van der Waals surface area contributed by atoms with E-state index in [9.17, 15) is 9.90 Å². The fourth-order valence-corrected chi connectivity index (χ4v) is 1.88. The molecule has 2 heteroatoms. The summed E-state index contributed by atoms with van der Waals surface area (Å²) in [5, 5.41) is 9.91. The molecule has 1 saturated carbocycles. The van der Waals surface area contributed by atoms with Crippen molar-refractivity contribution in [3.63, 3.8) is 0 Å². The Hall–Kier alpha value is -0.370. The van der Waals surface area contributed by atoms with E-state index in [2.05, 4.69) is 0 Å². The maximum absolute atomic E-state index is 11.6. The average Bonchev–Trinajstić information content (AvgIpc) is 2.07. The predicted molar refractivity (Wildman–Crippen MR) is 47.8 cm³/mol. The first kappa shape index (κ1) is 9.72. The summed E-state index contributed by atoms with van der Waals surface area (Å²) >= 11 is 0. The van der Waals surface area contributed by atoms with Crippen LogP contribution in [0.5, 0.6) is 0 Å². The average molecular weight is 170 g/mol. The number of aliphatic hydroxyl groups is 1. The Labute approximate surface area is 74.0 Å². The summed E-state index contributed by atoms with van der Waals surface area (Å²) in [6.07, 6.45) is 2.95. The van der Waals surface area contributed by atoms with Crippen molar-refractivity contribution in [2.24, 2.45) is 11.8 Å². The Bertz CT molecular complexity index is 184. The smallest absolute Gasteiger partial charge is 0.167 e. The third kappa shape index (κ3) is 1.53. The highest BCUT2D eigenvalue weighted by atomic mass is 16.3. The first-order valence-electron chi connectivity index (χ1n) is 4.73. The van der Waals surface area contributed by atoms with Gasteiger partial charge in [-0.05, 0) is 25.7 Å². The second-order valence-electron chi connectivity index (χ2n) is 4.24. The van der Waals surface area contributed by atoms with Crippen LogP contribution in [0.25, 0.3) is 0 Å². The summed E-state index contributed by atoms with van der Waals surface area (Å²) in [4.78, 5) is 11.6. The van der Waals surface area contributed by atoms with E-state index in [0.717, 1.165) is 19.3 Å². The molecule has 0 aromatic heterocycles. The Morgan fingerprint density at radius 2 is 2.00 bits per heavy atom. The Balaban J connectivity index is 2.85. The van der Waals surface area contributed by atoms with Crippen molar-refractivity contribution in [1.29, 1.82) is 0 Å². The van der Waals surface area contributed by atoms with E-state index in [-0.39, 0.29) is 17.6 Å². The van der Waals surface area contributed by atoms with Gasteiger partial charge in [-0.3, -0.25) is 4.79 Å². The van der Waals surface area contributed by atoms with Gasteiger partial charge in [0.15, 0.2) is 5.78 Å². The molecule has 70 valence electrons. The molecule has 0 aliphatic heterocycles. The minimum atomic E-state index is -1.09. The largest absolute Gasteiger partial charge is 0.382 e. The maximum atomic E-state index is 11.6. The molecule has 12 heavy (non-hydrogen) atoms. The normalized spacial score (nSPS) is 44.2. The number of rotatable bonds is 0. The lowest BCUT2D eigenvalue weighted by Crippen LogP contribution is -2.43. The second kappa shape index (κ2) is 3.17. The molecule has 0 amide bonds. The molecule has 3 atom stereocenters. The van der Waals surface area contributed by atoms with E-state index in [1.807, 2.05) is 13.8 Å². The Kier molecular flexibility index (Phi) is 2.57. The monoisotopic (exact) mass is 170 g/mol. The summed E-state index contributed by atoms with van der Waals surface area (Å²) in [7, 11) is 0. The number of hydrogen-bond acceptors (Lipinski definition) is 2. The van der Waals surface area contributed by atoms with Crippen molar-refractivity contribution in [2.45, 2.75) is 45.6 Å². The number of hydrogen-bond donors (Lipinski definition) is 1. The molecule has 0 radical (unpaired) electrons. The van der Waals surface area contributed by atoms with Gasteiger partial charge < -0.3 is 5.11 Å². The lowest BCUT2D eigenvalue weighted by molar-refractivity contribution is -0.143. The van der Waals surface area contributed by atoms with E-state index < -0.39 is 5.60 Å². The van der Waals surface area contributed by atoms with Gasteiger partial charge >= 0.3 is 0 Å². The minimum Gasteiger partial charge on any atom is -0.382 e. The van der Waals surface area contributed by atoms with Gasteiger partial charge in [0.05, 0.1) is 0 Å². The zero-order valence-electron chi connectivity index (χ0n) is 8.13. The van der Waals surface area contributed by atoms with Crippen LogP contribution in [0.1, 0.15) is 40.0 Å². The van der Waals surface area contributed by atoms with Crippen molar-refractivity contribution in [3.05, 3.63) is 0 Å². The van der Waals surface area contributed by atoms with Gasteiger partial charge in [0.1, 0.15) is 5.60 Å². The van der Waals surface area contributed by atoms with Gasteiger partial charge in [0.25, 0.3) is 0 Å². The van der Waals surface area contributed by atoms with Crippen LogP contribution in [0.3, 0.4) is 0 Å². The Morgan fingerprint density at radius 1 is 1.42 bits per heavy atom. The van der Waals surface area contributed by atoms with Crippen molar-refractivity contribution in [1.82, 2.24) is 0 Å². The lowest BCUT2D eigenvalue weighted by Gasteiger charge is -2.27. The molecule has 2 nitrogen and oxygen atoms in total. The number of carbonyl (C=O) groups is 1. The molecule has 0 spiro atoms. The molecule has 0 aromatic carbocycles. The first-order chi connectivity index (χ1) is 5.46. The molecular weight excluding hydrogens is 152 g/mol. The van der Waals surface area contributed by atoms with E-state index in [1.54, 1.807) is 6.92 Å². The zero-order chi connectivity index (χ0) is 9.35. The highest BCUT2D eigenvalue weighted by molar-refractivity contribution is 5.89. The van der Waals surface area contributed by atoms with Gasteiger partial charge in [-0.15, -0.1) is 0 Å². The van der Waals surface area contributed by atoms with E-state index in [0.29, 0.717) is 0 Å². The van der Waals surface area contributed by atoms with Crippen molar-refractivity contribution in [3.8, 4) is 0 Å². The summed E-state index contributed by atoms with van der Waals surface area (Å²) in [5.41, 5.74) is -1.09. The van der Waals surface area contributed by atoms with Crippen LogP contribution in [0.4, 0.5) is 0 Å². The van der Waals surface area contributed by atoms with Crippen LogP contribution in [0, 0.1) is 11.8 Å². The van der Waals surface area contributed by atoms with Crippen LogP contribution in [-0.2, 0) is 4.79 Å². The van der Waals surface area contributed by atoms with Gasteiger partial charge in [0, 0.05) is 5.92 Å². The van der Waals surface area contributed by atoms with Crippen molar-refractivity contribution in [2.75, 3.05) is 0 Å². The third-order valence-corrected chi connectivity index (χ3v) is 3.18. The molecule has 1 rings (SSSR count). The molecule has 0 heterocycles. The van der Waals surface area contributed by atoms with Gasteiger partial charge in [-0.1, -0.05) is 20.3 Å². The molecule has 0 saturated heterocycles. The van der Waals surface area contributed by atoms with Crippen molar-refractivity contribution >= 4 is 5.78 Å². The summed E-state index contributed by atoms with van der Waals surface area (Å²) in [5.74, 6) is 0.160. The molecule has 0 bridgehead atoms. The lowest BCUT2D eigenvalue weighted by atomic mass is 9.83. The SMILES string of the molecule is CC1CCCC(C)C(C)(O)C1=O. The highest BCUT2D eigenvalue weighted by Crippen LogP contribution is 2.31. The quantitative estimate of drug-likeness (QED) is 0.562. The molecule has 1 aliphatic rings. The molecule has 3 unspecified atom stereocenters. The van der Waals surface area contributed by atoms with Crippen LogP contribution in [-0.4, -0.2) is 16.5 Å². The van der Waals surface area contributed by atoms with Crippen LogP contribution in [0.2, 0.25) is 0 Å². The van der Waals surface area contributed by atoms with Crippen molar-refractivity contribution < 1.29 is 9.90 Å². The fraction of sp³-hybridized carbons (Fsp3) is 0.900. The number of ketones is 1. The molecule has 1 N–H and O–H groups in total. The van der Waals surface area contributed by atoms with E-state index in [4.69, 9.17) is 0 Å². The van der Waals surface area contributed by atoms with Gasteiger partial charge in [-0.25, -0.2) is 0 Å². The van der Waals surface area contributed by atoms with E-state index in [1.165, 1.54) is 0 Å². The molecule has 1 aliphatic carbocycles. The zero-order valence-corrected chi connectivity index (χ0v) is 8.13. The maximum Gasteiger partial charge on any atom is 0.167 e. The topological polar surface area (TPSA) is 37.3 Å². The summed E-state index contributed by atoms with van der Waals surface area (Å²) in [6.45, 7) is 5.52. The Morgan fingerprint density at radius 3 is 2.58 bits per heavy atom. The summed E-state index contributed by atoms with van der Waals surface area (Å²) < 4.78 is 0. The standard InChI is InChI=1S/C10H18O2/c1-7-5-4-6-8(2)10(3,12)9(7)11/h7-8,12H,4-6H2,1-3H3. The minimum absolute atomic E-state index is 0.0208. The van der Waals surface area contributed by atoms with Crippen LogP contribution < -0.4 is 0 Å². The molecular formula is C10H18O2. The van der Waals surface area contributed by atoms with E-state index >= 15 is 0 Å². The number of carbonyl (C=O) groups excluding carboxylic acids is 1. The fourth-order valence-electron chi connectivity index (χ4n) is 1.88. The molecule has 0 aromatic rings. The van der Waals surface area contributed by atoms with Gasteiger partial charge in [-0.2, -0.15) is 0 Å². The van der Waals surface area contributed by atoms with Gasteiger partial charge in [0.2, 0.25) is 0 Å². The third-order valence-electron chi connectivity index (χ3n) is 3.18. The molecule has 1 fully saturated rings. The predicted octanol–water partition coefficient (Wildman–Crippen LogP) is 1.76. The second-order valence-corrected chi connectivity index (χ2v) is 4.24. The van der Waals surface area contributed by atoms with Crippen LogP contribution in [0.15, 0.2) is 0 Å². The highest BCUT2D eigenvalue weighted by Gasteiger charge is 2.40. The summed E-state index contributed by atoms with van der Waals surface area (Å²) in [6, 6.07) is 0. The number of Topliss-reactive ketones (excluding diaryl/α,β-unsaturated/α-hetero) is 1. The first-order valence-corrected chi connectivity index (χ1v) is 4.73. The van der Waals surface area contributed by atoms with Crippen LogP contribution >= 0.6 is 0 Å².